The zero-order valence-electron chi connectivity index (χ0n) is 21.6. The summed E-state index contributed by atoms with van der Waals surface area (Å²) in [5.74, 6) is -5.63. The van der Waals surface area contributed by atoms with E-state index in [4.69, 9.17) is 28.4 Å². The number of hydrogen-bond donors (Lipinski definition) is 0. The van der Waals surface area contributed by atoms with Crippen molar-refractivity contribution in [2.24, 2.45) is 0 Å². The molecule has 0 spiro atoms. The van der Waals surface area contributed by atoms with Crippen molar-refractivity contribution in [2.75, 3.05) is 42.7 Å². The second kappa shape index (κ2) is 13.0. The molecular weight excluding hydrogens is 504 g/mol. The highest BCUT2D eigenvalue weighted by Crippen LogP contribution is 2.29. The Morgan fingerprint density at radius 3 is 1.45 bits per heavy atom. The number of carbonyl (C=O) groups is 6. The van der Waals surface area contributed by atoms with E-state index < -0.39 is 46.9 Å². The maximum absolute atomic E-state index is 12.8. The molecule has 0 fully saturated rings. The van der Waals surface area contributed by atoms with Gasteiger partial charge in [0.25, 0.3) is 0 Å². The lowest BCUT2D eigenvalue weighted by Crippen LogP contribution is -2.24. The Balaban J connectivity index is 2.76. The van der Waals surface area contributed by atoms with Crippen LogP contribution >= 0.6 is 0 Å². The number of carbonyl (C=O) groups excluding carboxylic acids is 6. The number of hydrogen-bond acceptors (Lipinski definition) is 12. The van der Waals surface area contributed by atoms with Gasteiger partial charge in [-0.3, -0.25) is 0 Å². The first-order valence-electron chi connectivity index (χ1n) is 10.9. The van der Waals surface area contributed by atoms with Crippen LogP contribution in [0.2, 0.25) is 0 Å². The molecule has 2 aromatic rings. The Morgan fingerprint density at radius 2 is 0.921 bits per heavy atom. The summed E-state index contributed by atoms with van der Waals surface area (Å²) in [6, 6.07) is 5.58. The van der Waals surface area contributed by atoms with Crippen LogP contribution in [0.1, 0.15) is 73.3 Å². The highest BCUT2D eigenvalue weighted by atomic mass is 16.5. The predicted molar refractivity (Wildman–Crippen MR) is 128 cm³/mol. The molecule has 0 atom stereocenters. The lowest BCUT2D eigenvalue weighted by atomic mass is 9.88. The minimum atomic E-state index is -1.09. The van der Waals surface area contributed by atoms with Crippen LogP contribution in [0.25, 0.3) is 0 Å². The van der Waals surface area contributed by atoms with Gasteiger partial charge in [0.1, 0.15) is 0 Å². The molecule has 0 saturated carbocycles. The Labute approximate surface area is 217 Å². The molecule has 0 bridgehead atoms. The number of rotatable bonds is 9. The van der Waals surface area contributed by atoms with Gasteiger partial charge in [-0.25, -0.2) is 28.8 Å². The van der Waals surface area contributed by atoms with Gasteiger partial charge in [-0.2, -0.15) is 0 Å². The van der Waals surface area contributed by atoms with Gasteiger partial charge in [0.2, 0.25) is 0 Å². The van der Waals surface area contributed by atoms with E-state index in [0.29, 0.717) is 5.56 Å². The fraction of sp³-hybridized carbons (Fsp3) is 0.308. The Morgan fingerprint density at radius 1 is 0.474 bits per heavy atom. The standard InChI is InChI=1S/C26H26O12/c1-33-21(27)15-10-8-13(11-16(15)22(28)34-2)7-9-14-12-17(23(29)35-3)19(25(31)37-5)20(26(32)38-6)18(14)24(30)36-4/h8,10-12H,7,9H2,1-6H3. The minimum absolute atomic E-state index is 0.0120. The quantitative estimate of drug-likeness (QED) is 0.344. The molecule has 2 aromatic carbocycles. The molecule has 0 amide bonds. The SMILES string of the molecule is COC(=O)c1ccc(CCc2cc(C(=O)OC)c(C(=O)OC)c(C(=O)OC)c2C(=O)OC)cc1C(=O)OC. The van der Waals surface area contributed by atoms with E-state index >= 15 is 0 Å². The summed E-state index contributed by atoms with van der Waals surface area (Å²) in [5.41, 5.74) is -1.08. The molecule has 38 heavy (non-hydrogen) atoms. The van der Waals surface area contributed by atoms with Crippen molar-refractivity contribution in [3.63, 3.8) is 0 Å². The van der Waals surface area contributed by atoms with Crippen molar-refractivity contribution in [2.45, 2.75) is 12.8 Å². The number of esters is 6. The van der Waals surface area contributed by atoms with E-state index in [2.05, 4.69) is 0 Å². The third kappa shape index (κ3) is 5.97. The molecule has 0 saturated heterocycles. The second-order valence-corrected chi connectivity index (χ2v) is 7.54. The van der Waals surface area contributed by atoms with Gasteiger partial charge in [-0.05, 0) is 42.2 Å². The van der Waals surface area contributed by atoms with Gasteiger partial charge in [0.05, 0.1) is 76.0 Å². The van der Waals surface area contributed by atoms with E-state index in [0.717, 1.165) is 35.5 Å². The van der Waals surface area contributed by atoms with E-state index in [1.165, 1.54) is 25.3 Å². The monoisotopic (exact) mass is 530 g/mol. The summed E-state index contributed by atoms with van der Waals surface area (Å²) in [6.45, 7) is 0. The van der Waals surface area contributed by atoms with Gasteiger partial charge >= 0.3 is 35.8 Å². The second-order valence-electron chi connectivity index (χ2n) is 7.54. The molecule has 0 heterocycles. The minimum Gasteiger partial charge on any atom is -0.465 e. The van der Waals surface area contributed by atoms with Crippen molar-refractivity contribution in [3.05, 3.63) is 68.8 Å². The maximum atomic E-state index is 12.8. The first-order valence-corrected chi connectivity index (χ1v) is 10.9. The van der Waals surface area contributed by atoms with Gasteiger partial charge in [-0.1, -0.05) is 6.07 Å². The third-order valence-electron chi connectivity index (χ3n) is 5.56. The Bertz CT molecular complexity index is 1290. The topological polar surface area (TPSA) is 158 Å². The van der Waals surface area contributed by atoms with Crippen LogP contribution in [0.15, 0.2) is 24.3 Å². The lowest BCUT2D eigenvalue weighted by molar-refractivity contribution is 0.0520. The summed E-state index contributed by atoms with van der Waals surface area (Å²) >= 11 is 0. The number of aryl methyl sites for hydroxylation is 2. The number of methoxy groups -OCH3 is 6. The van der Waals surface area contributed by atoms with Crippen LogP contribution in [-0.4, -0.2) is 78.5 Å². The van der Waals surface area contributed by atoms with Crippen molar-refractivity contribution in [1.29, 1.82) is 0 Å². The normalized spacial score (nSPS) is 10.2. The summed E-state index contributed by atoms with van der Waals surface area (Å²) in [7, 11) is 6.55. The Hall–Kier alpha value is -4.74. The van der Waals surface area contributed by atoms with E-state index in [1.807, 2.05) is 0 Å². The average Bonchev–Trinajstić information content (AvgIpc) is 2.96. The fourth-order valence-electron chi connectivity index (χ4n) is 3.76. The predicted octanol–water partition coefficient (Wildman–Crippen LogP) is 2.19. The zero-order valence-corrected chi connectivity index (χ0v) is 21.6. The molecule has 0 aliphatic heterocycles. The maximum Gasteiger partial charge on any atom is 0.339 e. The number of ether oxygens (including phenoxy) is 6. The van der Waals surface area contributed by atoms with Gasteiger partial charge in [0, 0.05) is 0 Å². The van der Waals surface area contributed by atoms with Gasteiger partial charge in [0.15, 0.2) is 0 Å². The summed E-state index contributed by atoms with van der Waals surface area (Å²) in [4.78, 5) is 75.1. The van der Waals surface area contributed by atoms with Crippen molar-refractivity contribution in [1.82, 2.24) is 0 Å². The zero-order chi connectivity index (χ0) is 28.6. The average molecular weight is 530 g/mol. The van der Waals surface area contributed by atoms with Crippen LogP contribution < -0.4 is 0 Å². The van der Waals surface area contributed by atoms with Crippen LogP contribution in [0, 0.1) is 0 Å². The molecular formula is C26H26O12. The lowest BCUT2D eigenvalue weighted by Gasteiger charge is -2.18. The third-order valence-corrected chi connectivity index (χ3v) is 5.56. The molecule has 0 aromatic heterocycles. The summed E-state index contributed by atoms with van der Waals surface area (Å²) in [6.07, 6.45) is 0.159. The van der Waals surface area contributed by atoms with E-state index in [1.54, 1.807) is 6.07 Å². The van der Waals surface area contributed by atoms with Crippen molar-refractivity contribution >= 4 is 35.8 Å². The molecule has 0 unspecified atom stereocenters. The molecule has 12 nitrogen and oxygen atoms in total. The van der Waals surface area contributed by atoms with E-state index in [9.17, 15) is 28.8 Å². The molecule has 202 valence electrons. The van der Waals surface area contributed by atoms with Crippen LogP contribution in [0.4, 0.5) is 0 Å². The smallest absolute Gasteiger partial charge is 0.339 e. The van der Waals surface area contributed by atoms with Crippen molar-refractivity contribution in [3.8, 4) is 0 Å². The Kier molecular flexibility index (Phi) is 10.1. The molecule has 12 heteroatoms. The molecule has 0 aliphatic rings. The molecule has 0 radical (unpaired) electrons. The molecule has 2 rings (SSSR count). The fourth-order valence-corrected chi connectivity index (χ4v) is 3.76. The van der Waals surface area contributed by atoms with E-state index in [-0.39, 0.29) is 40.7 Å². The van der Waals surface area contributed by atoms with Gasteiger partial charge in [-0.15, -0.1) is 0 Å². The van der Waals surface area contributed by atoms with Crippen LogP contribution in [0.3, 0.4) is 0 Å². The van der Waals surface area contributed by atoms with Crippen LogP contribution in [0.5, 0.6) is 0 Å². The molecule has 0 N–H and O–H groups in total. The highest BCUT2D eigenvalue weighted by molar-refractivity contribution is 6.15. The first-order chi connectivity index (χ1) is 18.1. The van der Waals surface area contributed by atoms with Crippen molar-refractivity contribution < 1.29 is 57.2 Å². The van der Waals surface area contributed by atoms with Crippen LogP contribution in [-0.2, 0) is 41.3 Å². The summed E-state index contributed by atoms with van der Waals surface area (Å²) < 4.78 is 28.6. The van der Waals surface area contributed by atoms with Gasteiger partial charge < -0.3 is 28.4 Å². The largest absolute Gasteiger partial charge is 0.465 e. The first kappa shape index (κ1) is 29.5. The number of benzene rings is 2. The highest BCUT2D eigenvalue weighted by Gasteiger charge is 2.34. The summed E-state index contributed by atoms with van der Waals surface area (Å²) in [5, 5.41) is 0. The molecule has 0 aliphatic carbocycles.